The zero-order valence-electron chi connectivity index (χ0n) is 10.7. The number of aromatic carboxylic acids is 1. The lowest BCUT2D eigenvalue weighted by molar-refractivity contribution is 0.0691. The quantitative estimate of drug-likeness (QED) is 0.774. The number of rotatable bonds is 3. The van der Waals surface area contributed by atoms with E-state index in [-0.39, 0.29) is 22.1 Å². The van der Waals surface area contributed by atoms with Crippen molar-refractivity contribution in [2.75, 3.05) is 0 Å². The highest BCUT2D eigenvalue weighted by Crippen LogP contribution is 2.22. The Morgan fingerprint density at radius 2 is 2.09 bits per heavy atom. The first-order valence-corrected chi connectivity index (χ1v) is 6.80. The molecule has 6 nitrogen and oxygen atoms in total. The van der Waals surface area contributed by atoms with E-state index in [0.717, 1.165) is 40.3 Å². The van der Waals surface area contributed by atoms with E-state index in [1.54, 1.807) is 0 Å². The monoisotopic (exact) mass is 323 g/mol. The number of aromatic nitrogens is 3. The summed E-state index contributed by atoms with van der Waals surface area (Å²) in [6.07, 6.45) is 0. The van der Waals surface area contributed by atoms with E-state index in [0.29, 0.717) is 0 Å². The number of halogens is 2. The molecule has 0 saturated heterocycles. The third-order valence-electron chi connectivity index (χ3n) is 2.84. The Kier molecular flexibility index (Phi) is 3.33. The Balaban J connectivity index is 2.09. The Bertz CT molecular complexity index is 929. The van der Waals surface area contributed by atoms with Gasteiger partial charge in [0.05, 0.1) is 5.69 Å². The minimum absolute atomic E-state index is 0.0640. The Hall–Kier alpha value is -2.81. The van der Waals surface area contributed by atoms with Crippen molar-refractivity contribution in [1.82, 2.24) is 14.8 Å². The maximum Gasteiger partial charge on any atom is 0.355 e. The second-order valence-electron chi connectivity index (χ2n) is 4.29. The van der Waals surface area contributed by atoms with Crippen LogP contribution < -0.4 is 5.56 Å². The molecule has 2 aromatic heterocycles. The first-order valence-electron chi connectivity index (χ1n) is 5.92. The number of benzene rings is 1. The molecule has 0 fully saturated rings. The van der Waals surface area contributed by atoms with Crippen molar-refractivity contribution in [3.63, 3.8) is 0 Å². The number of hydrogen-bond donors (Lipinski definition) is 2. The maximum absolute atomic E-state index is 13.7. The molecule has 1 aromatic carbocycles. The van der Waals surface area contributed by atoms with Gasteiger partial charge in [0.1, 0.15) is 11.6 Å². The summed E-state index contributed by atoms with van der Waals surface area (Å²) < 4.78 is 27.9. The van der Waals surface area contributed by atoms with Gasteiger partial charge in [-0.25, -0.2) is 18.6 Å². The fraction of sp³-hybridized carbons (Fsp3) is 0. The molecule has 0 amide bonds. The lowest BCUT2D eigenvalue weighted by Gasteiger charge is -2.00. The second kappa shape index (κ2) is 5.19. The molecule has 3 aromatic rings. The molecule has 0 aliphatic carbocycles. The SMILES string of the molecule is O=C(O)c1csc(-n2[nH]c(-c3cc(F)ccc3F)cc2=O)n1. The molecule has 2 N–H and O–H groups in total. The van der Waals surface area contributed by atoms with Crippen molar-refractivity contribution >= 4 is 17.3 Å². The van der Waals surface area contributed by atoms with Crippen LogP contribution in [0.3, 0.4) is 0 Å². The lowest BCUT2D eigenvalue weighted by Crippen LogP contribution is -2.13. The zero-order valence-corrected chi connectivity index (χ0v) is 11.5. The number of hydrogen-bond acceptors (Lipinski definition) is 4. The van der Waals surface area contributed by atoms with Gasteiger partial charge in [0.2, 0.25) is 5.13 Å². The summed E-state index contributed by atoms with van der Waals surface area (Å²) in [4.78, 5) is 26.5. The molecule has 22 heavy (non-hydrogen) atoms. The molecule has 112 valence electrons. The Morgan fingerprint density at radius 3 is 2.77 bits per heavy atom. The molecular weight excluding hydrogens is 316 g/mol. The van der Waals surface area contributed by atoms with Crippen LogP contribution in [0.2, 0.25) is 0 Å². The normalized spacial score (nSPS) is 10.8. The van der Waals surface area contributed by atoms with Gasteiger partial charge in [-0.15, -0.1) is 11.3 Å². The molecule has 0 aliphatic heterocycles. The van der Waals surface area contributed by atoms with E-state index in [2.05, 4.69) is 10.1 Å². The second-order valence-corrected chi connectivity index (χ2v) is 5.12. The number of carboxylic acid groups (broad SMARTS) is 1. The van der Waals surface area contributed by atoms with Gasteiger partial charge in [-0.05, 0) is 18.2 Å². The van der Waals surface area contributed by atoms with Crippen LogP contribution in [-0.4, -0.2) is 25.8 Å². The number of H-pyrrole nitrogens is 1. The van der Waals surface area contributed by atoms with Crippen LogP contribution >= 0.6 is 11.3 Å². The van der Waals surface area contributed by atoms with Crippen LogP contribution in [0.15, 0.2) is 34.4 Å². The van der Waals surface area contributed by atoms with Crippen LogP contribution in [0.5, 0.6) is 0 Å². The number of carbonyl (C=O) groups is 1. The number of carboxylic acids is 1. The molecule has 2 heterocycles. The fourth-order valence-corrected chi connectivity index (χ4v) is 2.61. The summed E-state index contributed by atoms with van der Waals surface area (Å²) in [5.74, 6) is -2.56. The van der Waals surface area contributed by atoms with E-state index >= 15 is 0 Å². The molecule has 0 saturated carbocycles. The highest BCUT2D eigenvalue weighted by Gasteiger charge is 2.15. The summed E-state index contributed by atoms with van der Waals surface area (Å²) >= 11 is 0.933. The average Bonchev–Trinajstić information content (AvgIpc) is 3.08. The van der Waals surface area contributed by atoms with E-state index < -0.39 is 23.2 Å². The number of nitrogens with one attached hydrogen (secondary N) is 1. The largest absolute Gasteiger partial charge is 0.476 e. The average molecular weight is 323 g/mol. The van der Waals surface area contributed by atoms with Crippen LogP contribution in [-0.2, 0) is 0 Å². The molecule has 0 radical (unpaired) electrons. The smallest absolute Gasteiger partial charge is 0.355 e. The minimum atomic E-state index is -1.22. The number of aromatic amines is 1. The standard InChI is InChI=1S/C13H7F2N3O3S/c14-6-1-2-8(15)7(3-6)9-4-11(19)18(17-9)13-16-10(5-22-13)12(20)21/h1-5,17H,(H,20,21). The highest BCUT2D eigenvalue weighted by atomic mass is 32.1. The van der Waals surface area contributed by atoms with Gasteiger partial charge in [-0.3, -0.25) is 9.89 Å². The van der Waals surface area contributed by atoms with Crippen molar-refractivity contribution < 1.29 is 18.7 Å². The van der Waals surface area contributed by atoms with Gasteiger partial charge in [0, 0.05) is 17.0 Å². The van der Waals surface area contributed by atoms with Crippen molar-refractivity contribution in [3.05, 3.63) is 57.3 Å². The van der Waals surface area contributed by atoms with Crippen molar-refractivity contribution in [3.8, 4) is 16.4 Å². The van der Waals surface area contributed by atoms with Crippen LogP contribution in [0.1, 0.15) is 10.5 Å². The van der Waals surface area contributed by atoms with Gasteiger partial charge >= 0.3 is 5.97 Å². The molecular formula is C13H7F2N3O3S. The Morgan fingerprint density at radius 1 is 1.32 bits per heavy atom. The summed E-state index contributed by atoms with van der Waals surface area (Å²) in [5.41, 5.74) is -0.815. The maximum atomic E-state index is 13.7. The molecule has 0 spiro atoms. The molecule has 3 rings (SSSR count). The minimum Gasteiger partial charge on any atom is -0.476 e. The van der Waals surface area contributed by atoms with E-state index in [1.807, 2.05) is 0 Å². The molecule has 9 heteroatoms. The fourth-order valence-electron chi connectivity index (χ4n) is 1.85. The predicted octanol–water partition coefficient (Wildman–Crippen LogP) is 2.27. The van der Waals surface area contributed by atoms with E-state index in [1.165, 1.54) is 5.38 Å². The topological polar surface area (TPSA) is 88.0 Å². The summed E-state index contributed by atoms with van der Waals surface area (Å²) in [7, 11) is 0. The number of thiazole rings is 1. The van der Waals surface area contributed by atoms with Gasteiger partial charge < -0.3 is 5.11 Å². The Labute approximate surface area is 125 Å². The van der Waals surface area contributed by atoms with Crippen molar-refractivity contribution in [2.24, 2.45) is 0 Å². The van der Waals surface area contributed by atoms with Crippen molar-refractivity contribution in [2.45, 2.75) is 0 Å². The zero-order chi connectivity index (χ0) is 15.9. The van der Waals surface area contributed by atoms with Crippen LogP contribution in [0, 0.1) is 11.6 Å². The molecule has 0 bridgehead atoms. The number of nitrogens with zero attached hydrogens (tertiary/aromatic N) is 2. The lowest BCUT2D eigenvalue weighted by atomic mass is 10.1. The molecule has 0 atom stereocenters. The summed E-state index contributed by atoms with van der Waals surface area (Å²) in [5, 5.41) is 12.8. The van der Waals surface area contributed by atoms with Gasteiger partial charge in [0.15, 0.2) is 5.69 Å². The molecule has 0 unspecified atom stereocenters. The summed E-state index contributed by atoms with van der Waals surface area (Å²) in [6.45, 7) is 0. The van der Waals surface area contributed by atoms with E-state index in [4.69, 9.17) is 5.11 Å². The predicted molar refractivity (Wildman–Crippen MR) is 74.4 cm³/mol. The van der Waals surface area contributed by atoms with Crippen molar-refractivity contribution in [1.29, 1.82) is 0 Å². The van der Waals surface area contributed by atoms with Crippen LogP contribution in [0.25, 0.3) is 16.4 Å². The van der Waals surface area contributed by atoms with Gasteiger partial charge in [-0.2, -0.15) is 4.68 Å². The third kappa shape index (κ3) is 2.42. The first-order chi connectivity index (χ1) is 10.5. The highest BCUT2D eigenvalue weighted by molar-refractivity contribution is 7.12. The van der Waals surface area contributed by atoms with Crippen LogP contribution in [0.4, 0.5) is 8.78 Å². The molecule has 0 aliphatic rings. The van der Waals surface area contributed by atoms with Gasteiger partial charge in [-0.1, -0.05) is 0 Å². The van der Waals surface area contributed by atoms with Gasteiger partial charge in [0.25, 0.3) is 5.56 Å². The first kappa shape index (κ1) is 14.1. The summed E-state index contributed by atoms with van der Waals surface area (Å²) in [6, 6.07) is 3.95. The van der Waals surface area contributed by atoms with E-state index in [9.17, 15) is 18.4 Å². The third-order valence-corrected chi connectivity index (χ3v) is 3.67.